The number of hydrogen-bond acceptors (Lipinski definition) is 8. The number of rotatable bonds is 10. The Bertz CT molecular complexity index is 1500. The van der Waals surface area contributed by atoms with Crippen LogP contribution in [-0.2, 0) is 16.2 Å². The maximum atomic E-state index is 13.0. The summed E-state index contributed by atoms with van der Waals surface area (Å²) in [6.45, 7) is 5.58. The summed E-state index contributed by atoms with van der Waals surface area (Å²) in [7, 11) is 0. The standard InChI is InChI=1S/C29H27N3O7S/c1-4-38-24-14-20(11-12-23(24)39-17-21-9-6-10-22(13-21)32(36)37)15-25-28(34)31(29(35)40-25)16-26(33)30-27-18(2)7-5-8-19(27)3/h5-15H,4,16-17H2,1-3H3,(H,30,33)/b25-15+. The number of nitrogens with zero attached hydrogens (tertiary/aromatic N) is 2. The van der Waals surface area contributed by atoms with E-state index >= 15 is 0 Å². The van der Waals surface area contributed by atoms with Gasteiger partial charge in [0.1, 0.15) is 13.2 Å². The highest BCUT2D eigenvalue weighted by molar-refractivity contribution is 8.18. The van der Waals surface area contributed by atoms with Crippen molar-refractivity contribution in [2.75, 3.05) is 18.5 Å². The molecular formula is C29H27N3O7S. The molecule has 0 radical (unpaired) electrons. The van der Waals surface area contributed by atoms with E-state index in [1.54, 1.807) is 36.4 Å². The molecule has 0 bridgehead atoms. The van der Waals surface area contributed by atoms with Gasteiger partial charge >= 0.3 is 0 Å². The number of imide groups is 1. The zero-order valence-corrected chi connectivity index (χ0v) is 22.9. The third kappa shape index (κ3) is 6.67. The zero-order valence-electron chi connectivity index (χ0n) is 22.1. The van der Waals surface area contributed by atoms with Crippen LogP contribution in [0.3, 0.4) is 0 Å². The van der Waals surface area contributed by atoms with Crippen molar-refractivity contribution in [3.8, 4) is 11.5 Å². The van der Waals surface area contributed by atoms with Crippen LogP contribution in [-0.4, -0.2) is 40.0 Å². The minimum atomic E-state index is -0.560. The molecule has 1 aliphatic heterocycles. The minimum Gasteiger partial charge on any atom is -0.490 e. The van der Waals surface area contributed by atoms with Crippen molar-refractivity contribution in [3.63, 3.8) is 0 Å². The van der Waals surface area contributed by atoms with Crippen LogP contribution in [0.4, 0.5) is 16.2 Å². The Balaban J connectivity index is 1.46. The van der Waals surface area contributed by atoms with E-state index in [1.165, 1.54) is 12.1 Å². The molecule has 1 N–H and O–H groups in total. The van der Waals surface area contributed by atoms with Gasteiger partial charge in [-0.3, -0.25) is 29.4 Å². The minimum absolute atomic E-state index is 0.0294. The largest absolute Gasteiger partial charge is 0.490 e. The van der Waals surface area contributed by atoms with Gasteiger partial charge in [-0.15, -0.1) is 0 Å². The number of non-ortho nitro benzene ring substituents is 1. The molecule has 40 heavy (non-hydrogen) atoms. The number of thioether (sulfide) groups is 1. The number of anilines is 1. The quantitative estimate of drug-likeness (QED) is 0.185. The number of nitro groups is 1. The molecule has 0 aromatic heterocycles. The second-order valence-electron chi connectivity index (χ2n) is 8.94. The first-order valence-electron chi connectivity index (χ1n) is 12.4. The number of nitrogens with one attached hydrogen (secondary N) is 1. The van der Waals surface area contributed by atoms with Crippen LogP contribution in [0, 0.1) is 24.0 Å². The van der Waals surface area contributed by atoms with Crippen molar-refractivity contribution >= 4 is 46.3 Å². The van der Waals surface area contributed by atoms with E-state index in [1.807, 2.05) is 39.0 Å². The Morgan fingerprint density at radius 3 is 2.45 bits per heavy atom. The van der Waals surface area contributed by atoms with Crippen molar-refractivity contribution in [2.24, 2.45) is 0 Å². The van der Waals surface area contributed by atoms with E-state index < -0.39 is 28.5 Å². The fourth-order valence-electron chi connectivity index (χ4n) is 4.04. The summed E-state index contributed by atoms with van der Waals surface area (Å²) in [4.78, 5) is 49.9. The monoisotopic (exact) mass is 561 g/mol. The molecule has 4 rings (SSSR count). The smallest absolute Gasteiger partial charge is 0.294 e. The van der Waals surface area contributed by atoms with Crippen molar-refractivity contribution in [3.05, 3.63) is 97.9 Å². The lowest BCUT2D eigenvalue weighted by molar-refractivity contribution is -0.384. The fraction of sp³-hybridized carbons (Fsp3) is 0.207. The molecule has 1 heterocycles. The lowest BCUT2D eigenvalue weighted by atomic mass is 10.1. The molecule has 0 spiro atoms. The highest BCUT2D eigenvalue weighted by atomic mass is 32.2. The number of carbonyl (C=O) groups is 3. The van der Waals surface area contributed by atoms with E-state index in [9.17, 15) is 24.5 Å². The van der Waals surface area contributed by atoms with E-state index in [-0.39, 0.29) is 17.2 Å². The predicted molar refractivity (Wildman–Crippen MR) is 152 cm³/mol. The van der Waals surface area contributed by atoms with Crippen molar-refractivity contribution < 1.29 is 28.8 Å². The normalized spacial score (nSPS) is 14.0. The maximum Gasteiger partial charge on any atom is 0.294 e. The van der Waals surface area contributed by atoms with E-state index in [4.69, 9.17) is 9.47 Å². The van der Waals surface area contributed by atoms with Gasteiger partial charge in [0, 0.05) is 17.8 Å². The number of amides is 3. The Labute approximate surface area is 235 Å². The Hall–Kier alpha value is -4.64. The van der Waals surface area contributed by atoms with Gasteiger partial charge in [0.15, 0.2) is 11.5 Å². The summed E-state index contributed by atoms with van der Waals surface area (Å²) in [5.74, 6) is -0.198. The van der Waals surface area contributed by atoms with E-state index in [2.05, 4.69) is 5.32 Å². The number of hydrogen-bond donors (Lipinski definition) is 1. The molecular weight excluding hydrogens is 534 g/mol. The molecule has 0 unspecified atom stereocenters. The van der Waals surface area contributed by atoms with E-state index in [0.29, 0.717) is 34.9 Å². The molecule has 3 aromatic carbocycles. The summed E-state index contributed by atoms with van der Waals surface area (Å²) in [5, 5.41) is 13.3. The number of benzene rings is 3. The zero-order chi connectivity index (χ0) is 28.8. The number of carbonyl (C=O) groups excluding carboxylic acids is 3. The lowest BCUT2D eigenvalue weighted by Gasteiger charge is -2.15. The summed E-state index contributed by atoms with van der Waals surface area (Å²) in [6.07, 6.45) is 1.56. The molecule has 0 atom stereocenters. The summed E-state index contributed by atoms with van der Waals surface area (Å²) in [5.41, 5.74) is 3.60. The fourth-order valence-corrected chi connectivity index (χ4v) is 4.88. The third-order valence-corrected chi connectivity index (χ3v) is 6.91. The van der Waals surface area contributed by atoms with Gasteiger partial charge in [-0.2, -0.15) is 0 Å². The average molecular weight is 562 g/mol. The third-order valence-electron chi connectivity index (χ3n) is 6.00. The number of aryl methyl sites for hydroxylation is 2. The molecule has 3 amide bonds. The van der Waals surface area contributed by atoms with Crippen LogP contribution < -0.4 is 14.8 Å². The van der Waals surface area contributed by atoms with Gasteiger partial charge in [-0.1, -0.05) is 36.4 Å². The highest BCUT2D eigenvalue weighted by Crippen LogP contribution is 2.35. The van der Waals surface area contributed by atoms with E-state index in [0.717, 1.165) is 27.8 Å². The summed E-state index contributed by atoms with van der Waals surface area (Å²) >= 11 is 0.757. The van der Waals surface area contributed by atoms with Gasteiger partial charge in [-0.05, 0) is 73.0 Å². The van der Waals surface area contributed by atoms with Gasteiger partial charge < -0.3 is 14.8 Å². The van der Waals surface area contributed by atoms with Crippen LogP contribution in [0.2, 0.25) is 0 Å². The van der Waals surface area contributed by atoms with Gasteiger partial charge in [0.25, 0.3) is 16.8 Å². The van der Waals surface area contributed by atoms with Gasteiger partial charge in [0.05, 0.1) is 16.4 Å². The first-order valence-corrected chi connectivity index (χ1v) is 13.2. The Kier molecular flexibility index (Phi) is 8.85. The Morgan fingerprint density at radius 1 is 1.02 bits per heavy atom. The van der Waals surface area contributed by atoms with Crippen LogP contribution in [0.5, 0.6) is 11.5 Å². The first-order chi connectivity index (χ1) is 19.2. The van der Waals surface area contributed by atoms with Gasteiger partial charge in [0.2, 0.25) is 5.91 Å². The van der Waals surface area contributed by atoms with Crippen LogP contribution in [0.1, 0.15) is 29.2 Å². The van der Waals surface area contributed by atoms with Crippen molar-refractivity contribution in [1.82, 2.24) is 4.90 Å². The molecule has 10 nitrogen and oxygen atoms in total. The number of para-hydroxylation sites is 1. The maximum absolute atomic E-state index is 13.0. The first kappa shape index (κ1) is 28.4. The molecule has 3 aromatic rings. The SMILES string of the molecule is CCOc1cc(/C=C2/SC(=O)N(CC(=O)Nc3c(C)cccc3C)C2=O)ccc1OCc1cccc([N+](=O)[O-])c1. The lowest BCUT2D eigenvalue weighted by Crippen LogP contribution is -2.36. The molecule has 1 fully saturated rings. The molecule has 0 saturated carbocycles. The predicted octanol–water partition coefficient (Wildman–Crippen LogP) is 5.86. The van der Waals surface area contributed by atoms with Crippen molar-refractivity contribution in [2.45, 2.75) is 27.4 Å². The average Bonchev–Trinajstić information content (AvgIpc) is 3.18. The number of nitro benzene ring substituents is 1. The molecule has 11 heteroatoms. The highest BCUT2D eigenvalue weighted by Gasteiger charge is 2.36. The van der Waals surface area contributed by atoms with Crippen LogP contribution in [0.15, 0.2) is 65.6 Å². The second-order valence-corrected chi connectivity index (χ2v) is 9.93. The molecule has 1 aliphatic rings. The van der Waals surface area contributed by atoms with Gasteiger partial charge in [-0.25, -0.2) is 0 Å². The number of ether oxygens (including phenoxy) is 2. The summed E-state index contributed by atoms with van der Waals surface area (Å²) < 4.78 is 11.6. The summed E-state index contributed by atoms with van der Waals surface area (Å²) in [6, 6.07) is 16.8. The van der Waals surface area contributed by atoms with Crippen LogP contribution >= 0.6 is 11.8 Å². The van der Waals surface area contributed by atoms with Crippen LogP contribution in [0.25, 0.3) is 6.08 Å². The molecule has 0 aliphatic carbocycles. The topological polar surface area (TPSA) is 128 Å². The molecule has 206 valence electrons. The molecule has 1 saturated heterocycles. The second kappa shape index (κ2) is 12.5. The Morgan fingerprint density at radius 2 is 1.75 bits per heavy atom. The van der Waals surface area contributed by atoms with Crippen molar-refractivity contribution in [1.29, 1.82) is 0 Å².